The normalized spacial score (nSPS) is 11.7. The lowest BCUT2D eigenvalue weighted by molar-refractivity contribution is 0.0955. The van der Waals surface area contributed by atoms with Crippen LogP contribution in [-0.4, -0.2) is 12.1 Å². The van der Waals surface area contributed by atoms with Gasteiger partial charge >= 0.3 is 0 Å². The lowest BCUT2D eigenvalue weighted by Gasteiger charge is -2.18. The molecule has 3 nitrogen and oxygen atoms in total. The zero-order valence-corrected chi connectivity index (χ0v) is 14.3. The molecule has 0 bridgehead atoms. The molecule has 120 valence electrons. The zero-order valence-electron chi connectivity index (χ0n) is 14.3. The van der Waals surface area contributed by atoms with E-state index in [4.69, 9.17) is 0 Å². The van der Waals surface area contributed by atoms with E-state index in [-0.39, 0.29) is 11.3 Å². The van der Waals surface area contributed by atoms with Crippen LogP contribution >= 0.6 is 0 Å². The highest BCUT2D eigenvalue weighted by molar-refractivity contribution is 5.94. The molecule has 1 amide bonds. The van der Waals surface area contributed by atoms with E-state index < -0.39 is 0 Å². The fourth-order valence-corrected chi connectivity index (χ4v) is 2.19. The first-order valence-electron chi connectivity index (χ1n) is 7.93. The maximum absolute atomic E-state index is 12.1. The lowest BCUT2D eigenvalue weighted by atomic mass is 9.87. The molecule has 2 rings (SSSR count). The molecule has 2 aromatic rings. The summed E-state index contributed by atoms with van der Waals surface area (Å²) in [5, 5.41) is 4.02. The molecule has 0 heterocycles. The van der Waals surface area contributed by atoms with Gasteiger partial charge in [-0.05, 0) is 40.7 Å². The highest BCUT2D eigenvalue weighted by Crippen LogP contribution is 2.22. The topological polar surface area (TPSA) is 41.5 Å². The molecule has 3 heteroatoms. The Morgan fingerprint density at radius 3 is 2.17 bits per heavy atom. The summed E-state index contributed by atoms with van der Waals surface area (Å²) in [6.07, 6.45) is 2.67. The molecule has 0 saturated heterocycles. The molecule has 0 unspecified atom stereocenters. The Morgan fingerprint density at radius 2 is 1.65 bits per heavy atom. The molecule has 0 spiro atoms. The van der Waals surface area contributed by atoms with Gasteiger partial charge in [-0.15, -0.1) is 0 Å². The van der Waals surface area contributed by atoms with Crippen LogP contribution in [0.3, 0.4) is 0 Å². The third-order valence-corrected chi connectivity index (χ3v) is 3.78. The van der Waals surface area contributed by atoms with Crippen molar-refractivity contribution in [2.75, 3.05) is 0 Å². The Morgan fingerprint density at radius 1 is 1.04 bits per heavy atom. The minimum Gasteiger partial charge on any atom is -0.267 e. The minimum atomic E-state index is -0.202. The van der Waals surface area contributed by atoms with Gasteiger partial charge in [0.2, 0.25) is 0 Å². The summed E-state index contributed by atoms with van der Waals surface area (Å²) in [5.74, 6) is -0.202. The van der Waals surface area contributed by atoms with Gasteiger partial charge in [-0.25, -0.2) is 5.43 Å². The Labute approximate surface area is 138 Å². The van der Waals surface area contributed by atoms with Crippen molar-refractivity contribution in [1.29, 1.82) is 0 Å². The van der Waals surface area contributed by atoms with E-state index in [0.29, 0.717) is 5.56 Å². The van der Waals surface area contributed by atoms with Gasteiger partial charge in [0.1, 0.15) is 0 Å². The second-order valence-electron chi connectivity index (χ2n) is 6.62. The average molecular weight is 308 g/mol. The fraction of sp³-hybridized carbons (Fsp3) is 0.300. The van der Waals surface area contributed by atoms with Gasteiger partial charge < -0.3 is 0 Å². The average Bonchev–Trinajstić information content (AvgIpc) is 2.54. The van der Waals surface area contributed by atoms with Gasteiger partial charge in [0.05, 0.1) is 6.21 Å². The van der Waals surface area contributed by atoms with Crippen LogP contribution in [-0.2, 0) is 11.8 Å². The Kier molecular flexibility index (Phi) is 5.32. The summed E-state index contributed by atoms with van der Waals surface area (Å²) < 4.78 is 0. The van der Waals surface area contributed by atoms with E-state index in [1.807, 2.05) is 36.4 Å². The van der Waals surface area contributed by atoms with Crippen molar-refractivity contribution >= 4 is 12.1 Å². The molecular formula is C20H24N2O. The summed E-state index contributed by atoms with van der Waals surface area (Å²) in [7, 11) is 0. The summed E-state index contributed by atoms with van der Waals surface area (Å²) >= 11 is 0. The van der Waals surface area contributed by atoms with Crippen LogP contribution in [0.4, 0.5) is 0 Å². The van der Waals surface area contributed by atoms with Crippen molar-refractivity contribution in [3.05, 3.63) is 70.8 Å². The van der Waals surface area contributed by atoms with Gasteiger partial charge in [0.25, 0.3) is 5.91 Å². The highest BCUT2D eigenvalue weighted by Gasteiger charge is 2.14. The third kappa shape index (κ3) is 4.78. The second kappa shape index (κ2) is 7.23. The number of hydrogen-bond acceptors (Lipinski definition) is 2. The first-order chi connectivity index (χ1) is 10.9. The standard InChI is InChI=1S/C20H24N2O/c1-5-15-6-8-16(9-7-15)14-21-22-19(23)17-10-12-18(13-11-17)20(2,3)4/h6-14H,5H2,1-4H3,(H,22,23)/b21-14-. The maximum atomic E-state index is 12.1. The van der Waals surface area contributed by atoms with Crippen molar-refractivity contribution in [2.45, 2.75) is 39.5 Å². The molecule has 0 fully saturated rings. The quantitative estimate of drug-likeness (QED) is 0.663. The number of rotatable bonds is 4. The molecule has 0 atom stereocenters. The van der Waals surface area contributed by atoms with Crippen LogP contribution in [0, 0.1) is 0 Å². The predicted octanol–water partition coefficient (Wildman–Crippen LogP) is 4.31. The first kappa shape index (κ1) is 16.9. The molecule has 23 heavy (non-hydrogen) atoms. The van der Waals surface area contributed by atoms with E-state index in [2.05, 4.69) is 50.4 Å². The maximum Gasteiger partial charge on any atom is 0.271 e. The van der Waals surface area contributed by atoms with Crippen LogP contribution in [0.1, 0.15) is 54.7 Å². The number of hydrogen-bond donors (Lipinski definition) is 1. The number of carbonyl (C=O) groups excluding carboxylic acids is 1. The summed E-state index contributed by atoms with van der Waals surface area (Å²) in [6, 6.07) is 15.8. The molecular weight excluding hydrogens is 284 g/mol. The van der Waals surface area contributed by atoms with E-state index in [9.17, 15) is 4.79 Å². The number of aryl methyl sites for hydroxylation is 1. The number of hydrazone groups is 1. The van der Waals surface area contributed by atoms with Crippen LogP contribution in [0.15, 0.2) is 53.6 Å². The SMILES string of the molecule is CCc1ccc(/C=N\NC(=O)c2ccc(C(C)(C)C)cc2)cc1. The molecule has 0 aliphatic rings. The van der Waals surface area contributed by atoms with Gasteiger partial charge in [-0.3, -0.25) is 4.79 Å². The van der Waals surface area contributed by atoms with E-state index in [1.165, 1.54) is 11.1 Å². The highest BCUT2D eigenvalue weighted by atomic mass is 16.2. The minimum absolute atomic E-state index is 0.0812. The largest absolute Gasteiger partial charge is 0.271 e. The lowest BCUT2D eigenvalue weighted by Crippen LogP contribution is -2.18. The monoisotopic (exact) mass is 308 g/mol. The number of benzene rings is 2. The third-order valence-electron chi connectivity index (χ3n) is 3.78. The van der Waals surface area contributed by atoms with Crippen molar-refractivity contribution < 1.29 is 4.79 Å². The van der Waals surface area contributed by atoms with Crippen molar-refractivity contribution in [2.24, 2.45) is 5.10 Å². The van der Waals surface area contributed by atoms with Crippen molar-refractivity contribution in [3.8, 4) is 0 Å². The molecule has 0 aliphatic carbocycles. The molecule has 2 aromatic carbocycles. The van der Waals surface area contributed by atoms with Gasteiger partial charge in [-0.1, -0.05) is 64.1 Å². The van der Waals surface area contributed by atoms with Crippen LogP contribution in [0.25, 0.3) is 0 Å². The molecule has 0 radical (unpaired) electrons. The molecule has 0 saturated carbocycles. The summed E-state index contributed by atoms with van der Waals surface area (Å²) in [5.41, 5.74) is 6.70. The summed E-state index contributed by atoms with van der Waals surface area (Å²) in [6.45, 7) is 8.57. The van der Waals surface area contributed by atoms with Crippen LogP contribution in [0.5, 0.6) is 0 Å². The van der Waals surface area contributed by atoms with Gasteiger partial charge in [0, 0.05) is 5.56 Å². The number of amides is 1. The predicted molar refractivity (Wildman–Crippen MR) is 96.0 cm³/mol. The first-order valence-corrected chi connectivity index (χ1v) is 7.93. The Bertz CT molecular complexity index is 677. The van der Waals surface area contributed by atoms with Crippen molar-refractivity contribution in [1.82, 2.24) is 5.43 Å². The second-order valence-corrected chi connectivity index (χ2v) is 6.62. The van der Waals surface area contributed by atoms with Crippen LogP contribution < -0.4 is 5.43 Å². The van der Waals surface area contributed by atoms with Gasteiger partial charge in [-0.2, -0.15) is 5.10 Å². The zero-order chi connectivity index (χ0) is 16.9. The van der Waals surface area contributed by atoms with Gasteiger partial charge in [0.15, 0.2) is 0 Å². The smallest absolute Gasteiger partial charge is 0.267 e. The van der Waals surface area contributed by atoms with Crippen LogP contribution in [0.2, 0.25) is 0 Å². The van der Waals surface area contributed by atoms with E-state index in [1.54, 1.807) is 6.21 Å². The molecule has 1 N–H and O–H groups in total. The summed E-state index contributed by atoms with van der Waals surface area (Å²) in [4.78, 5) is 12.1. The molecule has 0 aliphatic heterocycles. The number of nitrogens with zero attached hydrogens (tertiary/aromatic N) is 1. The number of nitrogens with one attached hydrogen (secondary N) is 1. The molecule has 0 aromatic heterocycles. The Hall–Kier alpha value is -2.42. The Balaban J connectivity index is 1.97. The van der Waals surface area contributed by atoms with E-state index in [0.717, 1.165) is 12.0 Å². The fourth-order valence-electron chi connectivity index (χ4n) is 2.19. The number of carbonyl (C=O) groups is 1. The van der Waals surface area contributed by atoms with E-state index >= 15 is 0 Å². The van der Waals surface area contributed by atoms with Crippen molar-refractivity contribution in [3.63, 3.8) is 0 Å².